The summed E-state index contributed by atoms with van der Waals surface area (Å²) in [6, 6.07) is 16.9. The first-order valence-electron chi connectivity index (χ1n) is 19.0. The van der Waals surface area contributed by atoms with E-state index in [-0.39, 0.29) is 0 Å². The maximum absolute atomic E-state index is 3.72. The van der Waals surface area contributed by atoms with Crippen LogP contribution in [0.4, 0.5) is 11.4 Å². The van der Waals surface area contributed by atoms with Gasteiger partial charge in [-0.25, -0.2) is 0 Å². The first-order valence-corrected chi connectivity index (χ1v) is 19.0. The monoisotopic (exact) mass is 651 g/mol. The molecule has 50 heavy (non-hydrogen) atoms. The molecule has 0 spiro atoms. The van der Waals surface area contributed by atoms with E-state index < -0.39 is 0 Å². The molecule has 3 heteroatoms. The van der Waals surface area contributed by atoms with Gasteiger partial charge in [0.2, 0.25) is 0 Å². The van der Waals surface area contributed by atoms with Crippen LogP contribution >= 0.6 is 0 Å². The zero-order chi connectivity index (χ0) is 33.0. The Bertz CT molecular complexity index is 2120. The van der Waals surface area contributed by atoms with Crippen LogP contribution in [0, 0.1) is 0 Å². The summed E-state index contributed by atoms with van der Waals surface area (Å²) in [5.41, 5.74) is 18.3. The van der Waals surface area contributed by atoms with E-state index in [0.29, 0.717) is 17.9 Å². The molecule has 0 saturated heterocycles. The molecule has 3 heterocycles. The molecule has 248 valence electrons. The highest BCUT2D eigenvalue weighted by molar-refractivity contribution is 5.84. The molecule has 10 rings (SSSR count). The fraction of sp³-hybridized carbons (Fsp3) is 0.277. The van der Waals surface area contributed by atoms with Gasteiger partial charge in [-0.2, -0.15) is 0 Å². The van der Waals surface area contributed by atoms with Gasteiger partial charge in [-0.05, 0) is 139 Å². The van der Waals surface area contributed by atoms with Crippen molar-refractivity contribution in [2.45, 2.75) is 75.7 Å². The van der Waals surface area contributed by atoms with Crippen LogP contribution in [0.5, 0.6) is 0 Å². The zero-order valence-electron chi connectivity index (χ0n) is 28.8. The van der Waals surface area contributed by atoms with E-state index in [9.17, 15) is 0 Å². The fourth-order valence-corrected chi connectivity index (χ4v) is 9.61. The highest BCUT2D eigenvalue weighted by atomic mass is 15.2. The normalized spacial score (nSPS) is 26.2. The summed E-state index contributed by atoms with van der Waals surface area (Å²) in [6.45, 7) is 0.914. The average molecular weight is 652 g/mol. The number of anilines is 2. The Morgan fingerprint density at radius 1 is 0.720 bits per heavy atom. The predicted molar refractivity (Wildman–Crippen MR) is 209 cm³/mol. The number of nitrogens with one attached hydrogen (secondary N) is 1. The minimum absolute atomic E-state index is 0.419. The average Bonchev–Trinajstić information content (AvgIpc) is 3.71. The van der Waals surface area contributed by atoms with Crippen molar-refractivity contribution in [1.29, 1.82) is 0 Å². The Labute approximate surface area is 297 Å². The number of dihydropyridines is 1. The molecule has 0 fully saturated rings. The largest absolute Gasteiger partial charge is 0.381 e. The third-order valence-electron chi connectivity index (χ3n) is 12.1. The summed E-state index contributed by atoms with van der Waals surface area (Å²) >= 11 is 0. The van der Waals surface area contributed by atoms with Gasteiger partial charge in [0.25, 0.3) is 0 Å². The van der Waals surface area contributed by atoms with Crippen molar-refractivity contribution in [3.63, 3.8) is 0 Å². The Morgan fingerprint density at radius 2 is 1.68 bits per heavy atom. The fourth-order valence-electron chi connectivity index (χ4n) is 9.61. The van der Waals surface area contributed by atoms with Gasteiger partial charge in [0.15, 0.2) is 0 Å². The van der Waals surface area contributed by atoms with Crippen LogP contribution in [0.2, 0.25) is 0 Å². The van der Waals surface area contributed by atoms with Crippen LogP contribution in [-0.4, -0.2) is 12.6 Å². The first kappa shape index (κ1) is 29.9. The lowest BCUT2D eigenvalue weighted by molar-refractivity contribution is 0.545. The highest BCUT2D eigenvalue weighted by Crippen LogP contribution is 2.53. The molecule has 3 atom stereocenters. The molecule has 0 saturated carbocycles. The minimum Gasteiger partial charge on any atom is -0.381 e. The quantitative estimate of drug-likeness (QED) is 0.325. The third-order valence-corrected chi connectivity index (χ3v) is 12.1. The molecular formula is C47H45N3. The van der Waals surface area contributed by atoms with Crippen molar-refractivity contribution >= 4 is 16.9 Å². The van der Waals surface area contributed by atoms with Crippen molar-refractivity contribution in [1.82, 2.24) is 5.32 Å². The van der Waals surface area contributed by atoms with Gasteiger partial charge in [0.1, 0.15) is 0 Å². The van der Waals surface area contributed by atoms with Gasteiger partial charge in [-0.1, -0.05) is 85.0 Å². The number of nitrogens with zero attached hydrogens (tertiary/aromatic N) is 2. The van der Waals surface area contributed by atoms with Gasteiger partial charge < -0.3 is 15.1 Å². The maximum atomic E-state index is 3.72. The van der Waals surface area contributed by atoms with Gasteiger partial charge in [0, 0.05) is 58.6 Å². The Morgan fingerprint density at radius 3 is 2.52 bits per heavy atom. The summed E-state index contributed by atoms with van der Waals surface area (Å²) in [6.07, 6.45) is 43.3. The van der Waals surface area contributed by atoms with Crippen LogP contribution < -0.4 is 15.1 Å². The number of benzene rings is 2. The number of fused-ring (bicyclic) bond motifs is 6. The summed E-state index contributed by atoms with van der Waals surface area (Å²) < 4.78 is 0. The number of para-hydroxylation sites is 1. The second-order valence-electron chi connectivity index (χ2n) is 14.9. The van der Waals surface area contributed by atoms with E-state index in [2.05, 4.69) is 143 Å². The van der Waals surface area contributed by atoms with Crippen molar-refractivity contribution in [2.24, 2.45) is 0 Å². The van der Waals surface area contributed by atoms with E-state index in [1.807, 2.05) is 0 Å². The standard InChI is InChI=1S/C47H45N3/c1-3-11-33(12-4-1)43-27-22-36(31-48-43)32-19-24-38(25-20-32)49-45-18-10-8-16-40(45)42-29-34(23-28-46(42)49)35-21-26-41-39-15-7-9-17-44(39)50(47(41)30-35)37-13-5-2-6-14-37/h1,3,5,7-9,11,13-17,19,21-24,27-30,40-41,45,48H,2,4,6,10,12,18,20,25-26,31H2. The van der Waals surface area contributed by atoms with E-state index in [1.54, 1.807) is 0 Å². The summed E-state index contributed by atoms with van der Waals surface area (Å²) in [4.78, 5) is 5.26. The summed E-state index contributed by atoms with van der Waals surface area (Å²) in [5, 5.41) is 3.72. The van der Waals surface area contributed by atoms with Gasteiger partial charge in [-0.15, -0.1) is 0 Å². The lowest BCUT2D eigenvalue weighted by Gasteiger charge is -2.34. The van der Waals surface area contributed by atoms with E-state index in [0.717, 1.165) is 57.9 Å². The van der Waals surface area contributed by atoms with E-state index >= 15 is 0 Å². The van der Waals surface area contributed by atoms with Crippen molar-refractivity contribution in [3.8, 4) is 0 Å². The lowest BCUT2D eigenvalue weighted by atomic mass is 9.84. The third kappa shape index (κ3) is 5.01. The van der Waals surface area contributed by atoms with Crippen LogP contribution in [-0.2, 0) is 0 Å². The smallest absolute Gasteiger partial charge is 0.0497 e. The lowest BCUT2D eigenvalue weighted by Crippen LogP contribution is -2.34. The Balaban J connectivity index is 0.950. The van der Waals surface area contributed by atoms with Gasteiger partial charge in [0.05, 0.1) is 0 Å². The molecule has 8 aliphatic rings. The molecule has 2 aromatic carbocycles. The molecule has 5 aliphatic carbocycles. The van der Waals surface area contributed by atoms with Crippen molar-refractivity contribution in [3.05, 3.63) is 184 Å². The van der Waals surface area contributed by atoms with Crippen LogP contribution in [0.15, 0.2) is 167 Å². The van der Waals surface area contributed by atoms with E-state index in [4.69, 9.17) is 0 Å². The molecule has 0 bridgehead atoms. The Hall–Kier alpha value is -5.02. The number of hydrogen-bond donors (Lipinski definition) is 1. The molecular weight excluding hydrogens is 607 g/mol. The molecule has 3 nitrogen and oxygen atoms in total. The van der Waals surface area contributed by atoms with Gasteiger partial charge >= 0.3 is 0 Å². The molecule has 2 aromatic rings. The Kier molecular flexibility index (Phi) is 7.40. The van der Waals surface area contributed by atoms with Crippen LogP contribution in [0.25, 0.3) is 5.57 Å². The van der Waals surface area contributed by atoms with Crippen molar-refractivity contribution in [2.75, 3.05) is 16.3 Å². The van der Waals surface area contributed by atoms with Gasteiger partial charge in [-0.3, -0.25) is 0 Å². The molecule has 3 aliphatic heterocycles. The summed E-state index contributed by atoms with van der Waals surface area (Å²) in [7, 11) is 0. The molecule has 0 aromatic heterocycles. The van der Waals surface area contributed by atoms with Crippen LogP contribution in [0.1, 0.15) is 86.3 Å². The number of hydrogen-bond acceptors (Lipinski definition) is 3. The molecule has 0 radical (unpaired) electrons. The minimum atomic E-state index is 0.419. The SMILES string of the molecule is C1=CCCC(C2=CC=C(C3=CC=C(N4c5ccc(C6=CCC7C(=C6)N(C6=CCCC=C6)c6ccccc67)cc5C5C=CCCC54)CC3)CN2)=C1. The zero-order valence-corrected chi connectivity index (χ0v) is 28.8. The first-order chi connectivity index (χ1) is 24.8. The van der Waals surface area contributed by atoms with Crippen molar-refractivity contribution < 1.29 is 0 Å². The number of allylic oxidation sites excluding steroid dienone is 17. The second kappa shape index (κ2) is 12.4. The topological polar surface area (TPSA) is 18.5 Å². The summed E-state index contributed by atoms with van der Waals surface area (Å²) in [5.74, 6) is 0.861. The molecule has 1 N–H and O–H groups in total. The predicted octanol–water partition coefficient (Wildman–Crippen LogP) is 11.1. The molecule has 0 amide bonds. The maximum Gasteiger partial charge on any atom is 0.0497 e. The van der Waals surface area contributed by atoms with Crippen LogP contribution in [0.3, 0.4) is 0 Å². The number of rotatable bonds is 5. The highest BCUT2D eigenvalue weighted by Gasteiger charge is 2.41. The van der Waals surface area contributed by atoms with E-state index in [1.165, 1.54) is 79.6 Å². The molecule has 3 unspecified atom stereocenters. The second-order valence-corrected chi connectivity index (χ2v) is 14.9.